The van der Waals surface area contributed by atoms with Gasteiger partial charge in [0, 0.05) is 0 Å². The van der Waals surface area contributed by atoms with Crippen molar-refractivity contribution < 1.29 is 9.90 Å². The Hall–Kier alpha value is -1.83. The number of carboxylic acid groups (broad SMARTS) is 1. The second-order valence-electron chi connectivity index (χ2n) is 1.56. The first-order chi connectivity index (χ1) is 4.75. The van der Waals surface area contributed by atoms with Crippen molar-refractivity contribution in [3.05, 3.63) is 17.5 Å². The topological polar surface area (TPSA) is 92.6 Å². The molecule has 1 heterocycles. The molecule has 0 amide bonds. The van der Waals surface area contributed by atoms with Crippen molar-refractivity contribution in [3.8, 4) is 6.07 Å². The second-order valence-corrected chi connectivity index (χ2v) is 1.56. The van der Waals surface area contributed by atoms with Crippen LogP contribution in [0.25, 0.3) is 0 Å². The van der Waals surface area contributed by atoms with Gasteiger partial charge in [-0.25, -0.2) is 0 Å². The lowest BCUT2D eigenvalue weighted by molar-refractivity contribution is -0.255. The summed E-state index contributed by atoms with van der Waals surface area (Å²) in [6.45, 7) is 0. The molecule has 1 aromatic rings. The number of aromatic nitrogens is 2. The lowest BCUT2D eigenvalue weighted by Gasteiger charge is -1.94. The summed E-state index contributed by atoms with van der Waals surface area (Å²) in [6.07, 6.45) is 1.04. The van der Waals surface area contributed by atoms with Crippen LogP contribution < -0.4 is 5.11 Å². The Kier molecular flexibility index (Phi) is 1.38. The van der Waals surface area contributed by atoms with Crippen LogP contribution in [0.2, 0.25) is 0 Å². The fourth-order valence-corrected chi connectivity index (χ4v) is 0.526. The number of carboxylic acids is 1. The SMILES string of the molecule is N#Cc1[nH]ncc1C(=O)[O-]. The Bertz CT molecular complexity index is 296. The number of nitriles is 1. The fourth-order valence-electron chi connectivity index (χ4n) is 0.526. The van der Waals surface area contributed by atoms with Crippen molar-refractivity contribution in [2.24, 2.45) is 0 Å². The average Bonchev–Trinajstić information content (AvgIpc) is 2.33. The Morgan fingerprint density at radius 1 is 1.90 bits per heavy atom. The number of rotatable bonds is 1. The smallest absolute Gasteiger partial charge is 0.144 e. The van der Waals surface area contributed by atoms with Gasteiger partial charge in [-0.1, -0.05) is 0 Å². The fraction of sp³-hybridized carbons (Fsp3) is 0. The zero-order valence-corrected chi connectivity index (χ0v) is 4.79. The van der Waals surface area contributed by atoms with Gasteiger partial charge in [0.15, 0.2) is 0 Å². The highest BCUT2D eigenvalue weighted by Crippen LogP contribution is 1.99. The standard InChI is InChI=1S/C5H3N3O2/c6-1-4-3(5(9)10)2-7-8-4/h2H,(H,7,8)(H,9,10)/p-1. The number of carbonyl (C=O) groups is 1. The first-order valence-corrected chi connectivity index (χ1v) is 2.40. The highest BCUT2D eigenvalue weighted by Gasteiger charge is 2.02. The Balaban J connectivity index is 3.17. The highest BCUT2D eigenvalue weighted by molar-refractivity contribution is 5.87. The average molecular weight is 136 g/mol. The van der Waals surface area contributed by atoms with E-state index in [0.29, 0.717) is 0 Å². The molecule has 0 aliphatic carbocycles. The largest absolute Gasteiger partial charge is 0.545 e. The third-order valence-corrected chi connectivity index (χ3v) is 0.971. The molecule has 0 aromatic carbocycles. The van der Waals surface area contributed by atoms with Crippen LogP contribution in [0.1, 0.15) is 16.1 Å². The maximum atomic E-state index is 10.1. The summed E-state index contributed by atoms with van der Waals surface area (Å²) in [6, 6.07) is 1.62. The molecule has 1 N–H and O–H groups in total. The van der Waals surface area contributed by atoms with Crippen LogP contribution in [-0.4, -0.2) is 16.2 Å². The predicted octanol–water partition coefficient (Wildman–Crippen LogP) is -1.36. The second kappa shape index (κ2) is 2.19. The minimum absolute atomic E-state index is 0.0833. The van der Waals surface area contributed by atoms with Crippen LogP contribution in [0.5, 0.6) is 0 Å². The van der Waals surface area contributed by atoms with Gasteiger partial charge in [0.2, 0.25) is 0 Å². The van der Waals surface area contributed by atoms with Crippen LogP contribution in [0.4, 0.5) is 0 Å². The minimum atomic E-state index is -1.40. The van der Waals surface area contributed by atoms with Gasteiger partial charge in [-0.2, -0.15) is 10.4 Å². The van der Waals surface area contributed by atoms with Crippen LogP contribution in [-0.2, 0) is 0 Å². The number of hydrogen-bond donors (Lipinski definition) is 1. The molecule has 1 rings (SSSR count). The molecule has 0 saturated carbocycles. The van der Waals surface area contributed by atoms with E-state index in [1.165, 1.54) is 0 Å². The van der Waals surface area contributed by atoms with Gasteiger partial charge in [0.25, 0.3) is 0 Å². The summed E-state index contributed by atoms with van der Waals surface area (Å²) in [5.41, 5.74) is -0.289. The molecule has 0 unspecified atom stereocenters. The third-order valence-electron chi connectivity index (χ3n) is 0.971. The molecule has 0 spiro atoms. The van der Waals surface area contributed by atoms with E-state index in [4.69, 9.17) is 5.26 Å². The molecule has 0 fully saturated rings. The van der Waals surface area contributed by atoms with Crippen molar-refractivity contribution >= 4 is 5.97 Å². The summed E-state index contributed by atoms with van der Waals surface area (Å²) < 4.78 is 0. The van der Waals surface area contributed by atoms with Gasteiger partial charge >= 0.3 is 0 Å². The van der Waals surface area contributed by atoms with E-state index >= 15 is 0 Å². The van der Waals surface area contributed by atoms with Crippen LogP contribution >= 0.6 is 0 Å². The summed E-state index contributed by atoms with van der Waals surface area (Å²) in [7, 11) is 0. The molecule has 0 radical (unpaired) electrons. The van der Waals surface area contributed by atoms with E-state index < -0.39 is 5.97 Å². The van der Waals surface area contributed by atoms with E-state index in [2.05, 4.69) is 10.2 Å². The van der Waals surface area contributed by atoms with E-state index in [9.17, 15) is 9.90 Å². The van der Waals surface area contributed by atoms with Gasteiger partial charge in [0.05, 0.1) is 17.7 Å². The molecular weight excluding hydrogens is 134 g/mol. The van der Waals surface area contributed by atoms with Gasteiger partial charge < -0.3 is 9.90 Å². The summed E-state index contributed by atoms with van der Waals surface area (Å²) in [4.78, 5) is 10.1. The first kappa shape index (κ1) is 6.29. The van der Waals surface area contributed by atoms with Gasteiger partial charge in [0.1, 0.15) is 11.8 Å². The van der Waals surface area contributed by atoms with E-state index in [-0.39, 0.29) is 11.3 Å². The summed E-state index contributed by atoms with van der Waals surface area (Å²) in [5.74, 6) is -1.40. The molecule has 10 heavy (non-hydrogen) atoms. The van der Waals surface area contributed by atoms with Crippen molar-refractivity contribution in [3.63, 3.8) is 0 Å². The highest BCUT2D eigenvalue weighted by atomic mass is 16.4. The molecule has 0 aliphatic heterocycles. The maximum Gasteiger partial charge on any atom is 0.144 e. The first-order valence-electron chi connectivity index (χ1n) is 2.40. The predicted molar refractivity (Wildman–Crippen MR) is 27.6 cm³/mol. The Labute approximate surface area is 55.9 Å². The zero-order chi connectivity index (χ0) is 7.56. The van der Waals surface area contributed by atoms with Crippen LogP contribution in [0, 0.1) is 11.3 Å². The molecule has 1 aromatic heterocycles. The minimum Gasteiger partial charge on any atom is -0.545 e. The number of hydrogen-bond acceptors (Lipinski definition) is 4. The van der Waals surface area contributed by atoms with Gasteiger partial charge in [-0.15, -0.1) is 0 Å². The van der Waals surface area contributed by atoms with Crippen molar-refractivity contribution in [2.45, 2.75) is 0 Å². The number of carbonyl (C=O) groups excluding carboxylic acids is 1. The maximum absolute atomic E-state index is 10.1. The van der Waals surface area contributed by atoms with Crippen molar-refractivity contribution in [2.75, 3.05) is 0 Å². The molecule has 5 nitrogen and oxygen atoms in total. The van der Waals surface area contributed by atoms with Crippen molar-refractivity contribution in [1.29, 1.82) is 5.26 Å². The van der Waals surface area contributed by atoms with E-state index in [1.54, 1.807) is 6.07 Å². The lowest BCUT2D eigenvalue weighted by atomic mass is 10.3. The Morgan fingerprint density at radius 2 is 2.60 bits per heavy atom. The Morgan fingerprint density at radius 3 is 3.00 bits per heavy atom. The van der Waals surface area contributed by atoms with Crippen LogP contribution in [0.3, 0.4) is 0 Å². The molecule has 0 atom stereocenters. The van der Waals surface area contributed by atoms with E-state index in [0.717, 1.165) is 6.20 Å². The summed E-state index contributed by atoms with van der Waals surface area (Å²) in [5, 5.41) is 23.9. The molecular formula is C5H2N3O2-. The van der Waals surface area contributed by atoms with E-state index in [1.807, 2.05) is 0 Å². The molecule has 0 aliphatic rings. The van der Waals surface area contributed by atoms with Crippen LogP contribution in [0.15, 0.2) is 6.20 Å². The molecule has 0 bridgehead atoms. The van der Waals surface area contributed by atoms with Crippen molar-refractivity contribution in [1.82, 2.24) is 10.2 Å². The number of nitrogens with zero attached hydrogens (tertiary/aromatic N) is 2. The zero-order valence-electron chi connectivity index (χ0n) is 4.79. The number of aromatic amines is 1. The molecule has 50 valence electrons. The quantitative estimate of drug-likeness (QED) is 0.516. The normalized spacial score (nSPS) is 8.70. The number of nitrogens with one attached hydrogen (secondary N) is 1. The molecule has 0 saturated heterocycles. The molecule has 5 heteroatoms. The number of aromatic carboxylic acids is 1. The number of H-pyrrole nitrogens is 1. The monoisotopic (exact) mass is 136 g/mol. The van der Waals surface area contributed by atoms with Gasteiger partial charge in [-0.3, -0.25) is 5.10 Å². The summed E-state index contributed by atoms with van der Waals surface area (Å²) >= 11 is 0. The third kappa shape index (κ3) is 0.821. The lowest BCUT2D eigenvalue weighted by Crippen LogP contribution is -2.22. The van der Waals surface area contributed by atoms with Gasteiger partial charge in [-0.05, 0) is 0 Å².